The zero-order valence-electron chi connectivity index (χ0n) is 16.9. The predicted octanol–water partition coefficient (Wildman–Crippen LogP) is 3.48. The molecule has 0 bridgehead atoms. The number of rotatable bonds is 9. The van der Waals surface area contributed by atoms with Gasteiger partial charge in [-0.3, -0.25) is 4.79 Å². The topological polar surface area (TPSA) is 72.5 Å². The molecule has 2 aromatic carbocycles. The first-order valence-electron chi connectivity index (χ1n) is 9.45. The third kappa shape index (κ3) is 5.00. The molecule has 1 atom stereocenters. The summed E-state index contributed by atoms with van der Waals surface area (Å²) in [7, 11) is -1.66. The number of methoxy groups -OCH3 is 1. The Bertz CT molecular complexity index is 871. The predicted molar refractivity (Wildman–Crippen MR) is 111 cm³/mol. The van der Waals surface area contributed by atoms with Gasteiger partial charge in [0.2, 0.25) is 5.91 Å². The van der Waals surface area contributed by atoms with Gasteiger partial charge in [-0.1, -0.05) is 49.4 Å². The summed E-state index contributed by atoms with van der Waals surface area (Å²) >= 11 is 0. The molecule has 0 spiro atoms. The number of carbonyl (C=O) groups is 1. The van der Waals surface area contributed by atoms with Crippen LogP contribution < -0.4 is 5.32 Å². The molecule has 0 saturated carbocycles. The number of nitrogens with one attached hydrogen (secondary N) is 1. The molecule has 0 aromatic heterocycles. The first-order valence-corrected chi connectivity index (χ1v) is 11.0. The zero-order chi connectivity index (χ0) is 20.8. The summed E-state index contributed by atoms with van der Waals surface area (Å²) in [6.45, 7) is 5.69. The molecule has 2 aromatic rings. The van der Waals surface area contributed by atoms with Crippen molar-refractivity contribution in [2.24, 2.45) is 0 Å². The molecule has 0 aliphatic heterocycles. The average molecular weight is 404 g/mol. The summed E-state index contributed by atoms with van der Waals surface area (Å²) in [6.07, 6.45) is 0.899. The second-order valence-corrected chi connectivity index (χ2v) is 9.61. The number of amides is 1. The fourth-order valence-electron chi connectivity index (χ4n) is 3.07. The van der Waals surface area contributed by atoms with Gasteiger partial charge in [0, 0.05) is 7.11 Å². The summed E-state index contributed by atoms with van der Waals surface area (Å²) in [5, 5.41) is 2.48. The highest BCUT2D eigenvalue weighted by atomic mass is 32.2. The van der Waals surface area contributed by atoms with E-state index in [2.05, 4.69) is 5.32 Å². The van der Waals surface area contributed by atoms with E-state index in [1.54, 1.807) is 45.2 Å². The fraction of sp³-hybridized carbons (Fsp3) is 0.409. The number of hydrogen-bond acceptors (Lipinski definition) is 4. The van der Waals surface area contributed by atoms with Gasteiger partial charge in [0.05, 0.1) is 23.1 Å². The third-order valence-corrected chi connectivity index (χ3v) is 7.24. The Morgan fingerprint density at radius 1 is 1.07 bits per heavy atom. The van der Waals surface area contributed by atoms with Gasteiger partial charge in [0.1, 0.15) is 5.60 Å². The molecule has 0 aliphatic rings. The van der Waals surface area contributed by atoms with Crippen molar-refractivity contribution < 1.29 is 17.9 Å². The van der Waals surface area contributed by atoms with Crippen molar-refractivity contribution in [2.75, 3.05) is 13.7 Å². The number of benzene rings is 2. The molecule has 28 heavy (non-hydrogen) atoms. The summed E-state index contributed by atoms with van der Waals surface area (Å²) in [4.78, 5) is 12.7. The molecule has 152 valence electrons. The van der Waals surface area contributed by atoms with E-state index in [9.17, 15) is 13.2 Å². The maximum atomic E-state index is 12.4. The van der Waals surface area contributed by atoms with E-state index in [1.165, 1.54) is 0 Å². The standard InChI is InChI=1S/C22H29NO4S/c1-5-22(27-4,19-9-7-6-8-10-19)16-23-21(24)15-18-11-13-20(14-12-18)28(25,26)17(2)3/h6-14,17H,5,15-16H2,1-4H3,(H,23,24)/t22-/m1/s1. The number of hydrogen-bond donors (Lipinski definition) is 1. The monoisotopic (exact) mass is 403 g/mol. The molecule has 6 heteroatoms. The Morgan fingerprint density at radius 2 is 1.68 bits per heavy atom. The SMILES string of the molecule is CC[C@](CNC(=O)Cc1ccc(S(=O)(=O)C(C)C)cc1)(OC)c1ccccc1. The average Bonchev–Trinajstić information content (AvgIpc) is 2.70. The van der Waals surface area contributed by atoms with Crippen LogP contribution in [0.5, 0.6) is 0 Å². The lowest BCUT2D eigenvalue weighted by molar-refractivity contribution is -0.122. The van der Waals surface area contributed by atoms with Crippen LogP contribution in [0, 0.1) is 0 Å². The molecule has 0 unspecified atom stereocenters. The van der Waals surface area contributed by atoms with Gasteiger partial charge >= 0.3 is 0 Å². The molecule has 1 amide bonds. The highest BCUT2D eigenvalue weighted by Crippen LogP contribution is 2.28. The molecule has 2 rings (SSSR count). The van der Waals surface area contributed by atoms with Crippen molar-refractivity contribution in [2.45, 2.75) is 49.4 Å². The van der Waals surface area contributed by atoms with Crippen molar-refractivity contribution in [3.63, 3.8) is 0 Å². The van der Waals surface area contributed by atoms with E-state index in [0.29, 0.717) is 6.54 Å². The van der Waals surface area contributed by atoms with Crippen LogP contribution in [0.2, 0.25) is 0 Å². The Balaban J connectivity index is 2.04. The van der Waals surface area contributed by atoms with E-state index in [-0.39, 0.29) is 17.2 Å². The van der Waals surface area contributed by atoms with Crippen LogP contribution in [0.25, 0.3) is 0 Å². The molecule has 0 radical (unpaired) electrons. The van der Waals surface area contributed by atoms with E-state index < -0.39 is 20.7 Å². The lowest BCUT2D eigenvalue weighted by atomic mass is 9.90. The fourth-order valence-corrected chi connectivity index (χ4v) is 4.13. The first-order chi connectivity index (χ1) is 13.2. The lowest BCUT2D eigenvalue weighted by Gasteiger charge is -2.32. The Morgan fingerprint density at radius 3 is 2.18 bits per heavy atom. The second kappa shape index (κ2) is 9.34. The van der Waals surface area contributed by atoms with Crippen LogP contribution in [-0.2, 0) is 31.4 Å². The lowest BCUT2D eigenvalue weighted by Crippen LogP contribution is -2.42. The van der Waals surface area contributed by atoms with Crippen LogP contribution in [0.3, 0.4) is 0 Å². The molecule has 0 fully saturated rings. The van der Waals surface area contributed by atoms with Crippen LogP contribution >= 0.6 is 0 Å². The maximum absolute atomic E-state index is 12.4. The summed E-state index contributed by atoms with van der Waals surface area (Å²) in [6, 6.07) is 16.3. The minimum atomic E-state index is -3.31. The second-order valence-electron chi connectivity index (χ2n) is 7.11. The molecular formula is C22H29NO4S. The van der Waals surface area contributed by atoms with Crippen molar-refractivity contribution in [3.05, 3.63) is 65.7 Å². The van der Waals surface area contributed by atoms with Crippen LogP contribution in [0.1, 0.15) is 38.3 Å². The molecule has 0 heterocycles. The normalized spacial score (nSPS) is 13.9. The highest BCUT2D eigenvalue weighted by Gasteiger charge is 2.30. The smallest absolute Gasteiger partial charge is 0.224 e. The Labute approximate surface area is 168 Å². The Kier molecular flexibility index (Phi) is 7.38. The van der Waals surface area contributed by atoms with E-state index >= 15 is 0 Å². The van der Waals surface area contributed by atoms with Gasteiger partial charge in [-0.2, -0.15) is 0 Å². The van der Waals surface area contributed by atoms with E-state index in [0.717, 1.165) is 17.5 Å². The Hall–Kier alpha value is -2.18. The molecule has 0 aliphatic carbocycles. The molecular weight excluding hydrogens is 374 g/mol. The van der Waals surface area contributed by atoms with Gasteiger partial charge in [-0.25, -0.2) is 8.42 Å². The van der Waals surface area contributed by atoms with E-state index in [1.807, 2.05) is 37.3 Å². The summed E-state index contributed by atoms with van der Waals surface area (Å²) in [5.41, 5.74) is 1.20. The zero-order valence-corrected chi connectivity index (χ0v) is 17.8. The van der Waals surface area contributed by atoms with Crippen LogP contribution in [0.15, 0.2) is 59.5 Å². The summed E-state index contributed by atoms with van der Waals surface area (Å²) < 4.78 is 30.1. The van der Waals surface area contributed by atoms with Gasteiger partial charge in [0.15, 0.2) is 9.84 Å². The summed E-state index contributed by atoms with van der Waals surface area (Å²) in [5.74, 6) is -0.134. The minimum Gasteiger partial charge on any atom is -0.372 e. The van der Waals surface area contributed by atoms with Crippen molar-refractivity contribution in [1.82, 2.24) is 5.32 Å². The van der Waals surface area contributed by atoms with Crippen LogP contribution in [0.4, 0.5) is 0 Å². The minimum absolute atomic E-state index is 0.134. The van der Waals surface area contributed by atoms with Gasteiger partial charge in [-0.15, -0.1) is 0 Å². The number of sulfone groups is 1. The van der Waals surface area contributed by atoms with Crippen molar-refractivity contribution in [1.29, 1.82) is 0 Å². The molecule has 0 saturated heterocycles. The maximum Gasteiger partial charge on any atom is 0.224 e. The van der Waals surface area contributed by atoms with Crippen molar-refractivity contribution >= 4 is 15.7 Å². The largest absolute Gasteiger partial charge is 0.372 e. The number of carbonyl (C=O) groups excluding carboxylic acids is 1. The van der Waals surface area contributed by atoms with Gasteiger partial charge in [-0.05, 0) is 43.5 Å². The quantitative estimate of drug-likeness (QED) is 0.696. The van der Waals surface area contributed by atoms with Crippen LogP contribution in [-0.4, -0.2) is 33.2 Å². The van der Waals surface area contributed by atoms with E-state index in [4.69, 9.17) is 4.74 Å². The van der Waals surface area contributed by atoms with Gasteiger partial charge in [0.25, 0.3) is 0 Å². The van der Waals surface area contributed by atoms with Gasteiger partial charge < -0.3 is 10.1 Å². The first kappa shape index (κ1) is 22.1. The number of ether oxygens (including phenoxy) is 1. The molecule has 1 N–H and O–H groups in total. The third-order valence-electron chi connectivity index (χ3n) is 5.07. The van der Waals surface area contributed by atoms with Crippen molar-refractivity contribution in [3.8, 4) is 0 Å². The molecule has 5 nitrogen and oxygen atoms in total. The highest BCUT2D eigenvalue weighted by molar-refractivity contribution is 7.92.